The Kier molecular flexibility index (Phi) is 12.5. The third-order valence-corrected chi connectivity index (χ3v) is 12.2. The molecule has 20 heteroatoms. The Hall–Kier alpha value is -3.66. The molecule has 54 heavy (non-hydrogen) atoms. The number of aromatic nitrogens is 6. The second-order valence-electron chi connectivity index (χ2n) is 13.9. The lowest BCUT2D eigenvalue weighted by atomic mass is 9.99. The van der Waals surface area contributed by atoms with E-state index in [2.05, 4.69) is 44.3 Å². The highest BCUT2D eigenvalue weighted by Gasteiger charge is 2.42. The highest BCUT2D eigenvalue weighted by atomic mass is 32.2. The maximum atomic E-state index is 12.5. The molecule has 1 aromatic carbocycles. The summed E-state index contributed by atoms with van der Waals surface area (Å²) in [4.78, 5) is 47.2. The smallest absolute Gasteiger partial charge is 0.414 e. The van der Waals surface area contributed by atoms with Crippen LogP contribution in [0.3, 0.4) is 0 Å². The van der Waals surface area contributed by atoms with Gasteiger partial charge in [-0.15, -0.1) is 10.2 Å². The first-order valence-electron chi connectivity index (χ1n) is 18.3. The van der Waals surface area contributed by atoms with Gasteiger partial charge in [0.2, 0.25) is 0 Å². The van der Waals surface area contributed by atoms with E-state index < -0.39 is 18.0 Å². The molecule has 0 amide bonds. The first-order valence-corrected chi connectivity index (χ1v) is 20.3. The molecule has 3 aromatic rings. The molecule has 4 atom stereocenters. The van der Waals surface area contributed by atoms with Crippen molar-refractivity contribution in [1.29, 1.82) is 0 Å². The van der Waals surface area contributed by atoms with Crippen LogP contribution in [0.25, 0.3) is 0 Å². The molecule has 6 aliphatic rings. The van der Waals surface area contributed by atoms with Crippen molar-refractivity contribution in [3.8, 4) is 0 Å². The average molecular weight is 791 g/mol. The lowest BCUT2D eigenvalue weighted by Crippen LogP contribution is -2.49. The summed E-state index contributed by atoms with van der Waals surface area (Å²) in [5.41, 5.74) is 2.42. The minimum Gasteiger partial charge on any atom is -0.473 e. The summed E-state index contributed by atoms with van der Waals surface area (Å²) in [6.07, 6.45) is 4.16. The molecule has 4 saturated heterocycles. The van der Waals surface area contributed by atoms with Gasteiger partial charge in [-0.05, 0) is 31.7 Å². The molecule has 9 rings (SSSR count). The number of para-hydroxylation sites is 1. The number of rotatable bonds is 10. The number of carboxylic acids is 2. The lowest BCUT2D eigenvalue weighted by molar-refractivity contribution is -0.159. The first-order chi connectivity index (χ1) is 26.1. The molecule has 18 nitrogen and oxygen atoms in total. The van der Waals surface area contributed by atoms with Gasteiger partial charge in [0.25, 0.3) is 0 Å². The number of aliphatic carboxylic acids is 2. The molecule has 2 aromatic heterocycles. The van der Waals surface area contributed by atoms with Gasteiger partial charge in [-0.25, -0.2) is 28.5 Å². The number of epoxide rings is 1. The largest absolute Gasteiger partial charge is 0.473 e. The third kappa shape index (κ3) is 9.23. The monoisotopic (exact) mass is 790 g/mol. The van der Waals surface area contributed by atoms with Gasteiger partial charge in [0, 0.05) is 67.6 Å². The zero-order valence-corrected chi connectivity index (χ0v) is 31.4. The summed E-state index contributed by atoms with van der Waals surface area (Å²) >= 11 is 3.25. The Labute approximate surface area is 318 Å². The van der Waals surface area contributed by atoms with E-state index in [0.29, 0.717) is 38.3 Å². The number of aliphatic hydroxyl groups is 1. The number of nitrogens with zero attached hydrogens (tertiary/aromatic N) is 8. The molecular formula is C34H46N8O10S2. The Bertz CT molecular complexity index is 1880. The zero-order valence-electron chi connectivity index (χ0n) is 29.8. The Morgan fingerprint density at radius 3 is 2.06 bits per heavy atom. The number of hydrogen-bond donors (Lipinski definition) is 3. The number of thioether (sulfide) groups is 2. The minimum absolute atomic E-state index is 0.00972. The molecule has 294 valence electrons. The van der Waals surface area contributed by atoms with Crippen molar-refractivity contribution < 1.29 is 39.1 Å². The van der Waals surface area contributed by atoms with E-state index in [4.69, 9.17) is 34.0 Å². The van der Waals surface area contributed by atoms with Gasteiger partial charge in [-0.2, -0.15) is 0 Å². The summed E-state index contributed by atoms with van der Waals surface area (Å²) in [6.45, 7) is 7.76. The van der Waals surface area contributed by atoms with Crippen molar-refractivity contribution in [3.63, 3.8) is 0 Å². The van der Waals surface area contributed by atoms with E-state index in [1.165, 1.54) is 20.6 Å². The number of piperidine rings is 1. The van der Waals surface area contributed by atoms with E-state index in [-0.39, 0.29) is 30.1 Å². The van der Waals surface area contributed by atoms with Crippen LogP contribution >= 0.6 is 23.5 Å². The number of anilines is 1. The molecular weight excluding hydrogens is 745 g/mol. The number of benzene rings is 1. The van der Waals surface area contributed by atoms with Crippen LogP contribution in [0.2, 0.25) is 0 Å². The Morgan fingerprint density at radius 1 is 0.870 bits per heavy atom. The minimum atomic E-state index is -1.82. The lowest BCUT2D eigenvalue weighted by Gasteiger charge is -2.40. The van der Waals surface area contributed by atoms with Crippen molar-refractivity contribution in [2.75, 3.05) is 55.9 Å². The van der Waals surface area contributed by atoms with Gasteiger partial charge >= 0.3 is 23.3 Å². The van der Waals surface area contributed by atoms with Crippen LogP contribution in [0, 0.1) is 0 Å². The molecule has 3 N–H and O–H groups in total. The summed E-state index contributed by atoms with van der Waals surface area (Å²) in [6, 6.07) is 9.43. The standard InChI is InChI=1S/C25H35N5O4S.C7H9N3O2S.C2H2O4/c31-21(16-30-25(32)28-9-12-35-24(28)26-30)15-29-19-5-6-20(29)14-22(13-19)34-17-18-3-1-2-4-23(18)27-7-10-33-11-8-27;11-7-9-1-2-13-6(9)8-10(7)3-5-4-12-5;3-1(4)2(5)6/h1-4,19-22,31H,5-17H2;5H,1-4H2;(H,3,4)(H,5,6). The highest BCUT2D eigenvalue weighted by Crippen LogP contribution is 2.37. The molecule has 0 saturated carbocycles. The summed E-state index contributed by atoms with van der Waals surface area (Å²) in [7, 11) is 0. The average Bonchev–Trinajstić information content (AvgIpc) is 3.39. The van der Waals surface area contributed by atoms with Crippen LogP contribution in [-0.2, 0) is 56.6 Å². The second kappa shape index (κ2) is 17.4. The molecule has 8 heterocycles. The number of ether oxygens (including phenoxy) is 3. The number of fused-ring (bicyclic) bond motifs is 4. The van der Waals surface area contributed by atoms with Crippen LogP contribution in [0.4, 0.5) is 5.69 Å². The summed E-state index contributed by atoms with van der Waals surface area (Å²) < 4.78 is 23.4. The molecule has 0 radical (unpaired) electrons. The van der Waals surface area contributed by atoms with Gasteiger partial charge in [0.05, 0.1) is 51.7 Å². The van der Waals surface area contributed by atoms with Crippen molar-refractivity contribution in [3.05, 3.63) is 50.8 Å². The molecule has 0 aliphatic carbocycles. The van der Waals surface area contributed by atoms with Crippen molar-refractivity contribution in [2.24, 2.45) is 0 Å². The summed E-state index contributed by atoms with van der Waals surface area (Å²) in [5.74, 6) is -1.77. The normalized spacial score (nSPS) is 24.5. The molecule has 4 fully saturated rings. The number of morpholine rings is 1. The van der Waals surface area contributed by atoms with Gasteiger partial charge in [-0.1, -0.05) is 41.7 Å². The maximum Gasteiger partial charge on any atom is 0.414 e. The Balaban J connectivity index is 0.000000193. The fourth-order valence-electron chi connectivity index (χ4n) is 7.61. The second-order valence-corrected chi connectivity index (χ2v) is 16.1. The predicted octanol–water partition coefficient (Wildman–Crippen LogP) is 0.265. The topological polar surface area (TPSA) is 212 Å². The van der Waals surface area contributed by atoms with E-state index in [9.17, 15) is 14.7 Å². The predicted molar refractivity (Wildman–Crippen MR) is 196 cm³/mol. The third-order valence-electron chi connectivity index (χ3n) is 10.3. The van der Waals surface area contributed by atoms with E-state index in [1.54, 1.807) is 32.7 Å². The van der Waals surface area contributed by atoms with E-state index in [1.807, 2.05) is 0 Å². The quantitative estimate of drug-likeness (QED) is 0.186. The molecule has 2 bridgehead atoms. The zero-order chi connectivity index (χ0) is 37.8. The number of carboxylic acid groups (broad SMARTS) is 2. The van der Waals surface area contributed by atoms with Gasteiger partial charge in [-0.3, -0.25) is 14.0 Å². The summed E-state index contributed by atoms with van der Waals surface area (Å²) in [5, 5.41) is 35.8. The molecule has 4 unspecified atom stereocenters. The van der Waals surface area contributed by atoms with E-state index >= 15 is 0 Å². The number of hydrogen-bond acceptors (Lipinski definition) is 14. The van der Waals surface area contributed by atoms with Gasteiger partial charge in [0.1, 0.15) is 6.10 Å². The van der Waals surface area contributed by atoms with Gasteiger partial charge in [0.15, 0.2) is 10.3 Å². The van der Waals surface area contributed by atoms with Crippen LogP contribution in [0.1, 0.15) is 31.2 Å². The first kappa shape index (κ1) is 38.6. The fraction of sp³-hybridized carbons (Fsp3) is 0.647. The van der Waals surface area contributed by atoms with Crippen molar-refractivity contribution >= 4 is 41.1 Å². The maximum absolute atomic E-state index is 12.5. The number of aliphatic hydroxyl groups excluding tert-OH is 1. The van der Waals surface area contributed by atoms with Crippen LogP contribution in [0.15, 0.2) is 44.2 Å². The molecule has 0 spiro atoms. The van der Waals surface area contributed by atoms with Crippen LogP contribution in [-0.4, -0.2) is 142 Å². The van der Waals surface area contributed by atoms with E-state index in [0.717, 1.165) is 87.0 Å². The van der Waals surface area contributed by atoms with Crippen molar-refractivity contribution in [2.45, 2.75) is 99.2 Å². The van der Waals surface area contributed by atoms with Crippen LogP contribution in [0.5, 0.6) is 0 Å². The SMILES string of the molecule is O=C(O)C(=O)O.O=c1n(CC(O)CN2C3CCC2CC(OCc2ccccc2N2CCOCC2)C3)nc2n1CCS2.O=c1n(CC2CO2)nc2n1CCS2. The van der Waals surface area contributed by atoms with Crippen LogP contribution < -0.4 is 16.3 Å². The fourth-order valence-corrected chi connectivity index (χ4v) is 9.49. The Morgan fingerprint density at radius 2 is 1.46 bits per heavy atom. The van der Waals surface area contributed by atoms with Crippen molar-refractivity contribution in [1.82, 2.24) is 33.6 Å². The van der Waals surface area contributed by atoms with Gasteiger partial charge < -0.3 is 34.4 Å². The highest BCUT2D eigenvalue weighted by molar-refractivity contribution is 7.99. The number of carbonyl (C=O) groups is 2. The molecule has 6 aliphatic heterocycles.